The van der Waals surface area contributed by atoms with E-state index < -0.39 is 6.03 Å². The number of rotatable bonds is 3. The Morgan fingerprint density at radius 1 is 1.64 bits per heavy atom. The van der Waals surface area contributed by atoms with Crippen molar-refractivity contribution in [1.82, 2.24) is 5.32 Å². The fourth-order valence-corrected chi connectivity index (χ4v) is 1.39. The number of urea groups is 1. The molecule has 2 amide bonds. The molecule has 3 N–H and O–H groups in total. The van der Waals surface area contributed by atoms with Crippen molar-refractivity contribution in [3.8, 4) is 5.75 Å². The van der Waals surface area contributed by atoms with Gasteiger partial charge in [0, 0.05) is 16.6 Å². The van der Waals surface area contributed by atoms with E-state index in [0.29, 0.717) is 12.3 Å². The van der Waals surface area contributed by atoms with Crippen molar-refractivity contribution in [2.45, 2.75) is 6.54 Å². The molecule has 0 unspecified atom stereocenters. The number of carbonyl (C=O) groups excluding carboxylic acids is 1. The molecule has 0 bridgehead atoms. The molecule has 0 spiro atoms. The van der Waals surface area contributed by atoms with E-state index in [-0.39, 0.29) is 0 Å². The zero-order chi connectivity index (χ0) is 10.6. The molecule has 0 radical (unpaired) electrons. The van der Waals surface area contributed by atoms with Gasteiger partial charge in [0.15, 0.2) is 0 Å². The molecule has 14 heavy (non-hydrogen) atoms. The maximum absolute atomic E-state index is 10.5. The van der Waals surface area contributed by atoms with Crippen molar-refractivity contribution in [3.63, 3.8) is 0 Å². The maximum Gasteiger partial charge on any atom is 0.312 e. The number of hydrogen-bond donors (Lipinski definition) is 2. The van der Waals surface area contributed by atoms with Crippen LogP contribution in [0.5, 0.6) is 5.75 Å². The lowest BCUT2D eigenvalue weighted by atomic mass is 10.2. The van der Waals surface area contributed by atoms with Crippen molar-refractivity contribution in [2.75, 3.05) is 7.11 Å². The number of primary amides is 1. The van der Waals surface area contributed by atoms with Gasteiger partial charge in [-0.05, 0) is 12.1 Å². The van der Waals surface area contributed by atoms with Gasteiger partial charge in [0.05, 0.1) is 7.11 Å². The van der Waals surface area contributed by atoms with E-state index in [2.05, 4.69) is 21.2 Å². The van der Waals surface area contributed by atoms with Gasteiger partial charge in [0.25, 0.3) is 0 Å². The number of halogens is 1. The minimum Gasteiger partial charge on any atom is -0.496 e. The molecule has 0 aliphatic rings. The summed E-state index contributed by atoms with van der Waals surface area (Å²) in [7, 11) is 1.58. The first-order chi connectivity index (χ1) is 6.63. The molecule has 4 nitrogen and oxygen atoms in total. The predicted octanol–water partition coefficient (Wildman–Crippen LogP) is 1.63. The highest BCUT2D eigenvalue weighted by molar-refractivity contribution is 9.10. The zero-order valence-corrected chi connectivity index (χ0v) is 9.30. The standard InChI is InChI=1S/C9H11BrN2O2/c1-14-8-4-7(10)3-2-6(8)5-12-9(11)13/h2-4H,5H2,1H3,(H3,11,12,13). The molecule has 0 saturated carbocycles. The number of nitrogens with one attached hydrogen (secondary N) is 1. The lowest BCUT2D eigenvalue weighted by Gasteiger charge is -2.08. The molecule has 0 atom stereocenters. The zero-order valence-electron chi connectivity index (χ0n) is 7.71. The molecule has 0 saturated heterocycles. The lowest BCUT2D eigenvalue weighted by molar-refractivity contribution is 0.248. The van der Waals surface area contributed by atoms with Crippen LogP contribution in [-0.4, -0.2) is 13.1 Å². The second-order valence-electron chi connectivity index (χ2n) is 2.67. The second-order valence-corrected chi connectivity index (χ2v) is 3.59. The third-order valence-corrected chi connectivity index (χ3v) is 2.20. The first kappa shape index (κ1) is 10.8. The van der Waals surface area contributed by atoms with Gasteiger partial charge in [-0.25, -0.2) is 4.79 Å². The molecule has 0 aliphatic carbocycles. The third kappa shape index (κ3) is 2.92. The van der Waals surface area contributed by atoms with E-state index in [1.807, 2.05) is 18.2 Å². The summed E-state index contributed by atoms with van der Waals surface area (Å²) in [5, 5.41) is 2.50. The van der Waals surface area contributed by atoms with Gasteiger partial charge in [0.2, 0.25) is 0 Å². The summed E-state index contributed by atoms with van der Waals surface area (Å²) in [5.41, 5.74) is 5.85. The molecule has 5 heteroatoms. The van der Waals surface area contributed by atoms with Crippen LogP contribution >= 0.6 is 15.9 Å². The summed E-state index contributed by atoms with van der Waals surface area (Å²) in [6.07, 6.45) is 0. The van der Waals surface area contributed by atoms with Gasteiger partial charge >= 0.3 is 6.03 Å². The van der Waals surface area contributed by atoms with Crippen molar-refractivity contribution in [3.05, 3.63) is 28.2 Å². The maximum atomic E-state index is 10.5. The van der Waals surface area contributed by atoms with Crippen LogP contribution in [0.4, 0.5) is 4.79 Å². The molecule has 1 rings (SSSR count). The molecule has 1 aromatic rings. The van der Waals surface area contributed by atoms with E-state index in [9.17, 15) is 4.79 Å². The van der Waals surface area contributed by atoms with Crippen molar-refractivity contribution in [2.24, 2.45) is 5.73 Å². The Morgan fingerprint density at radius 2 is 2.36 bits per heavy atom. The summed E-state index contributed by atoms with van der Waals surface area (Å²) >= 11 is 3.33. The van der Waals surface area contributed by atoms with Crippen molar-refractivity contribution in [1.29, 1.82) is 0 Å². The van der Waals surface area contributed by atoms with Crippen LogP contribution in [0.25, 0.3) is 0 Å². The Hall–Kier alpha value is -1.23. The monoisotopic (exact) mass is 258 g/mol. The smallest absolute Gasteiger partial charge is 0.312 e. The van der Waals surface area contributed by atoms with Crippen LogP contribution in [-0.2, 0) is 6.54 Å². The van der Waals surface area contributed by atoms with Crippen LogP contribution in [0.3, 0.4) is 0 Å². The van der Waals surface area contributed by atoms with Crippen LogP contribution in [0, 0.1) is 0 Å². The van der Waals surface area contributed by atoms with Gasteiger partial charge in [0.1, 0.15) is 5.75 Å². The topological polar surface area (TPSA) is 64.3 Å². The summed E-state index contributed by atoms with van der Waals surface area (Å²) in [5.74, 6) is 0.716. The molecule has 76 valence electrons. The van der Waals surface area contributed by atoms with Crippen LogP contribution in [0.2, 0.25) is 0 Å². The Kier molecular flexibility index (Phi) is 3.76. The van der Waals surface area contributed by atoms with E-state index in [1.165, 1.54) is 0 Å². The van der Waals surface area contributed by atoms with Crippen LogP contribution < -0.4 is 15.8 Å². The molecule has 0 aromatic heterocycles. The number of nitrogens with two attached hydrogens (primary N) is 1. The van der Waals surface area contributed by atoms with E-state index in [0.717, 1.165) is 10.0 Å². The molecular formula is C9H11BrN2O2. The van der Waals surface area contributed by atoms with E-state index in [1.54, 1.807) is 7.11 Å². The van der Waals surface area contributed by atoms with Crippen molar-refractivity contribution >= 4 is 22.0 Å². The minimum atomic E-state index is -0.546. The number of carbonyl (C=O) groups is 1. The highest BCUT2D eigenvalue weighted by atomic mass is 79.9. The van der Waals surface area contributed by atoms with E-state index in [4.69, 9.17) is 10.5 Å². The number of ether oxygens (including phenoxy) is 1. The van der Waals surface area contributed by atoms with Gasteiger partial charge in [-0.3, -0.25) is 0 Å². The number of methoxy groups -OCH3 is 1. The Balaban J connectivity index is 2.80. The van der Waals surface area contributed by atoms with Crippen LogP contribution in [0.1, 0.15) is 5.56 Å². The fourth-order valence-electron chi connectivity index (χ4n) is 1.05. The Morgan fingerprint density at radius 3 is 2.93 bits per heavy atom. The molecule has 0 aliphatic heterocycles. The summed E-state index contributed by atoms with van der Waals surface area (Å²) in [6.45, 7) is 0.367. The number of hydrogen-bond acceptors (Lipinski definition) is 2. The van der Waals surface area contributed by atoms with Crippen molar-refractivity contribution < 1.29 is 9.53 Å². The van der Waals surface area contributed by atoms with Crippen LogP contribution in [0.15, 0.2) is 22.7 Å². The second kappa shape index (κ2) is 4.85. The highest BCUT2D eigenvalue weighted by Crippen LogP contribution is 2.23. The molecule has 1 aromatic carbocycles. The Labute approximate surface area is 90.6 Å². The molecular weight excluding hydrogens is 248 g/mol. The third-order valence-electron chi connectivity index (χ3n) is 1.70. The molecule has 0 heterocycles. The molecule has 0 fully saturated rings. The first-order valence-corrected chi connectivity index (χ1v) is 4.78. The average Bonchev–Trinajstić information content (AvgIpc) is 2.15. The summed E-state index contributed by atoms with van der Waals surface area (Å²) in [4.78, 5) is 10.5. The lowest BCUT2D eigenvalue weighted by Crippen LogP contribution is -2.28. The van der Waals surface area contributed by atoms with Gasteiger partial charge in [-0.1, -0.05) is 22.0 Å². The van der Waals surface area contributed by atoms with Gasteiger partial charge in [-0.2, -0.15) is 0 Å². The fraction of sp³-hybridized carbons (Fsp3) is 0.222. The van der Waals surface area contributed by atoms with Gasteiger partial charge < -0.3 is 15.8 Å². The van der Waals surface area contributed by atoms with Gasteiger partial charge in [-0.15, -0.1) is 0 Å². The number of amides is 2. The van der Waals surface area contributed by atoms with E-state index >= 15 is 0 Å². The average molecular weight is 259 g/mol. The largest absolute Gasteiger partial charge is 0.496 e. The highest BCUT2D eigenvalue weighted by Gasteiger charge is 2.03. The Bertz CT molecular complexity index is 342. The summed E-state index contributed by atoms with van der Waals surface area (Å²) < 4.78 is 6.06. The SMILES string of the molecule is COc1cc(Br)ccc1CNC(N)=O. The first-order valence-electron chi connectivity index (χ1n) is 3.99. The summed E-state index contributed by atoms with van der Waals surface area (Å²) in [6, 6.07) is 5.02. The predicted molar refractivity (Wildman–Crippen MR) is 57.1 cm³/mol. The quantitative estimate of drug-likeness (QED) is 0.866. The number of benzene rings is 1. The minimum absolute atomic E-state index is 0.367. The normalized spacial score (nSPS) is 9.57.